The molecule has 92 valence electrons. The van der Waals surface area contributed by atoms with Crippen molar-refractivity contribution in [3.63, 3.8) is 0 Å². The van der Waals surface area contributed by atoms with E-state index in [4.69, 9.17) is 17.3 Å². The maximum absolute atomic E-state index is 12.2. The molecule has 0 fully saturated rings. The first-order valence-electron chi connectivity index (χ1n) is 4.72. The van der Waals surface area contributed by atoms with E-state index in [1.807, 2.05) is 0 Å². The molecule has 2 aromatic heterocycles. The molecule has 2 heterocycles. The Morgan fingerprint density at radius 1 is 1.53 bits per heavy atom. The lowest BCUT2D eigenvalue weighted by atomic mass is 10.2. The maximum atomic E-state index is 12.2. The molecule has 2 N–H and O–H groups in total. The maximum Gasteiger partial charge on any atom is 0.345 e. The van der Waals surface area contributed by atoms with Crippen LogP contribution >= 0.6 is 11.6 Å². The number of rotatable bonds is 3. The normalized spacial score (nSPS) is 13.5. The first kappa shape index (κ1) is 12.0. The van der Waals surface area contributed by atoms with Gasteiger partial charge in [0.25, 0.3) is 0 Å². The fourth-order valence-electron chi connectivity index (χ4n) is 1.56. The molecule has 0 amide bonds. The number of anilines is 1. The minimum atomic E-state index is -2.89. The molecule has 0 aliphatic heterocycles. The molecule has 8 heteroatoms. The van der Waals surface area contributed by atoms with Gasteiger partial charge in [-0.25, -0.2) is 9.50 Å². The van der Waals surface area contributed by atoms with Crippen LogP contribution in [-0.2, 0) is 4.74 Å². The molecule has 0 saturated heterocycles. The van der Waals surface area contributed by atoms with Crippen LogP contribution in [0.25, 0.3) is 5.65 Å². The van der Waals surface area contributed by atoms with Crippen molar-refractivity contribution >= 4 is 22.9 Å². The summed E-state index contributed by atoms with van der Waals surface area (Å²) in [4.78, 5) is 3.97. The number of ether oxygens (including phenoxy) is 1. The molecule has 0 aliphatic carbocycles. The monoisotopic (exact) mass is 262 g/mol. The predicted octanol–water partition coefficient (Wildman–Crippen LogP) is 2.27. The fourth-order valence-corrected chi connectivity index (χ4v) is 1.74. The van der Waals surface area contributed by atoms with Gasteiger partial charge < -0.3 is 10.5 Å². The van der Waals surface area contributed by atoms with Gasteiger partial charge in [-0.15, -0.1) is 0 Å². The third kappa shape index (κ3) is 2.29. The second kappa shape index (κ2) is 4.42. The number of halogens is 3. The number of aromatic nitrogens is 3. The average Bonchev–Trinajstić information content (AvgIpc) is 2.56. The van der Waals surface area contributed by atoms with Crippen molar-refractivity contribution < 1.29 is 13.5 Å². The van der Waals surface area contributed by atoms with E-state index in [1.54, 1.807) is 0 Å². The number of nitrogens with zero attached hydrogens (tertiary/aromatic N) is 3. The van der Waals surface area contributed by atoms with Crippen LogP contribution in [0.5, 0.6) is 0 Å². The summed E-state index contributed by atoms with van der Waals surface area (Å²) in [6.07, 6.45) is 0.435. The summed E-state index contributed by atoms with van der Waals surface area (Å²) < 4.78 is 30.0. The van der Waals surface area contributed by atoms with E-state index in [-0.39, 0.29) is 10.8 Å². The molecule has 2 rings (SSSR count). The van der Waals surface area contributed by atoms with E-state index in [2.05, 4.69) is 14.8 Å². The highest BCUT2D eigenvalue weighted by atomic mass is 35.5. The smallest absolute Gasteiger partial charge is 0.345 e. The van der Waals surface area contributed by atoms with Gasteiger partial charge in [-0.1, -0.05) is 11.6 Å². The Balaban J connectivity index is 2.53. The molecule has 5 nitrogen and oxygen atoms in total. The number of nitrogens with two attached hydrogens (primary N) is 1. The van der Waals surface area contributed by atoms with Crippen molar-refractivity contribution in [2.45, 2.75) is 19.6 Å². The Bertz CT molecular complexity index is 545. The van der Waals surface area contributed by atoms with Gasteiger partial charge in [0.05, 0.1) is 17.6 Å². The summed E-state index contributed by atoms with van der Waals surface area (Å²) in [5, 5.41) is 4.12. The highest BCUT2D eigenvalue weighted by Gasteiger charge is 2.19. The van der Waals surface area contributed by atoms with Gasteiger partial charge in [-0.3, -0.25) is 0 Å². The topological polar surface area (TPSA) is 65.4 Å². The Morgan fingerprint density at radius 3 is 2.88 bits per heavy atom. The molecule has 0 spiro atoms. The number of hydrogen-bond acceptors (Lipinski definition) is 4. The van der Waals surface area contributed by atoms with Gasteiger partial charge in [-0.2, -0.15) is 13.9 Å². The fraction of sp³-hybridized carbons (Fsp3) is 0.333. The third-order valence-electron chi connectivity index (χ3n) is 2.21. The lowest BCUT2D eigenvalue weighted by molar-refractivity contribution is -0.160. The number of alkyl halides is 2. The van der Waals surface area contributed by atoms with Crippen molar-refractivity contribution in [3.05, 3.63) is 23.1 Å². The van der Waals surface area contributed by atoms with Gasteiger partial charge >= 0.3 is 6.61 Å². The third-order valence-corrected chi connectivity index (χ3v) is 2.40. The van der Waals surface area contributed by atoms with E-state index < -0.39 is 12.7 Å². The van der Waals surface area contributed by atoms with E-state index in [1.165, 1.54) is 23.7 Å². The van der Waals surface area contributed by atoms with Crippen LogP contribution in [0.1, 0.15) is 18.7 Å². The van der Waals surface area contributed by atoms with Gasteiger partial charge in [0, 0.05) is 6.07 Å². The quantitative estimate of drug-likeness (QED) is 0.921. The highest BCUT2D eigenvalue weighted by molar-refractivity contribution is 6.29. The Kier molecular flexibility index (Phi) is 3.12. The molecule has 0 bridgehead atoms. The zero-order valence-electron chi connectivity index (χ0n) is 8.77. The average molecular weight is 263 g/mol. The molecule has 17 heavy (non-hydrogen) atoms. The molecule has 0 radical (unpaired) electrons. The molecule has 2 aromatic rings. The zero-order chi connectivity index (χ0) is 12.6. The number of nitrogen functional groups attached to an aromatic ring is 1. The Hall–Kier alpha value is -1.47. The van der Waals surface area contributed by atoms with Crippen LogP contribution in [0.4, 0.5) is 14.5 Å². The zero-order valence-corrected chi connectivity index (χ0v) is 9.53. The highest BCUT2D eigenvalue weighted by Crippen LogP contribution is 2.26. The minimum absolute atomic E-state index is 0.202. The van der Waals surface area contributed by atoms with Gasteiger partial charge in [-0.05, 0) is 6.92 Å². The summed E-state index contributed by atoms with van der Waals surface area (Å²) in [5.41, 5.74) is 6.61. The van der Waals surface area contributed by atoms with Gasteiger partial charge in [0.2, 0.25) is 0 Å². The van der Waals surface area contributed by atoms with Gasteiger partial charge in [0.15, 0.2) is 10.8 Å². The first-order valence-corrected chi connectivity index (χ1v) is 5.10. The standard InChI is InChI=1S/C9H9ClF2N4O/c1-4(17-9(11)12)8-5(13)3-14-7-2-6(10)15-16(7)8/h2-4,9H,13H2,1H3/t4-/m0/s1. The second-order valence-corrected chi connectivity index (χ2v) is 3.76. The van der Waals surface area contributed by atoms with Crippen LogP contribution in [0.3, 0.4) is 0 Å². The largest absolute Gasteiger partial charge is 0.396 e. The van der Waals surface area contributed by atoms with E-state index >= 15 is 0 Å². The molecule has 0 aliphatic rings. The molecular weight excluding hydrogens is 254 g/mol. The number of hydrogen-bond donors (Lipinski definition) is 1. The van der Waals surface area contributed by atoms with Crippen LogP contribution in [0.15, 0.2) is 12.3 Å². The lowest BCUT2D eigenvalue weighted by Gasteiger charge is -2.15. The second-order valence-electron chi connectivity index (χ2n) is 3.37. The first-order chi connectivity index (χ1) is 7.99. The van der Waals surface area contributed by atoms with Crippen LogP contribution in [-0.4, -0.2) is 21.2 Å². The van der Waals surface area contributed by atoms with Crippen LogP contribution in [0.2, 0.25) is 5.15 Å². The van der Waals surface area contributed by atoms with Crippen LogP contribution < -0.4 is 5.73 Å². The van der Waals surface area contributed by atoms with E-state index in [0.717, 1.165) is 0 Å². The van der Waals surface area contributed by atoms with Crippen molar-refractivity contribution in [2.24, 2.45) is 0 Å². The lowest BCUT2D eigenvalue weighted by Crippen LogP contribution is -2.13. The summed E-state index contributed by atoms with van der Waals surface area (Å²) >= 11 is 5.72. The van der Waals surface area contributed by atoms with Crippen molar-refractivity contribution in [2.75, 3.05) is 5.73 Å². The summed E-state index contributed by atoms with van der Waals surface area (Å²) in [6.45, 7) is -1.44. The Morgan fingerprint density at radius 2 is 2.24 bits per heavy atom. The number of fused-ring (bicyclic) bond motifs is 1. The summed E-state index contributed by atoms with van der Waals surface area (Å²) in [6, 6.07) is 1.50. The molecule has 0 saturated carbocycles. The van der Waals surface area contributed by atoms with Gasteiger partial charge in [0.1, 0.15) is 6.10 Å². The van der Waals surface area contributed by atoms with E-state index in [9.17, 15) is 8.78 Å². The van der Waals surface area contributed by atoms with Crippen molar-refractivity contribution in [1.82, 2.24) is 14.6 Å². The van der Waals surface area contributed by atoms with E-state index in [0.29, 0.717) is 11.3 Å². The van der Waals surface area contributed by atoms with Crippen molar-refractivity contribution in [3.8, 4) is 0 Å². The minimum Gasteiger partial charge on any atom is -0.396 e. The van der Waals surface area contributed by atoms with Crippen molar-refractivity contribution in [1.29, 1.82) is 0 Å². The van der Waals surface area contributed by atoms with Crippen LogP contribution in [0, 0.1) is 0 Å². The molecule has 1 atom stereocenters. The molecular formula is C9H9ClF2N4O. The Labute approximate surface area is 100 Å². The summed E-state index contributed by atoms with van der Waals surface area (Å²) in [5.74, 6) is 0. The SMILES string of the molecule is C[C@H](OC(F)F)c1c(N)cnc2cc(Cl)nn12. The predicted molar refractivity (Wildman–Crippen MR) is 57.9 cm³/mol. The molecule has 0 aromatic carbocycles. The molecule has 0 unspecified atom stereocenters. The summed E-state index contributed by atoms with van der Waals surface area (Å²) in [7, 11) is 0.